The summed E-state index contributed by atoms with van der Waals surface area (Å²) in [4.78, 5) is 0. The number of para-hydroxylation sites is 1. The highest BCUT2D eigenvalue weighted by Crippen LogP contribution is 2.30. The molecule has 1 aromatic heterocycles. The standard InChI is InChI=1S/C15H19N3O3S2/c1-4-9-18-14(12-7-5-6-8-13(12)21-2)16-17-15(18)22-10-11-23(3,19)20/h4-8H,1,9-11H2,2-3H3. The Morgan fingerprint density at radius 2 is 2.09 bits per heavy atom. The number of allylic oxidation sites excluding steroid dienone is 1. The van der Waals surface area contributed by atoms with E-state index < -0.39 is 9.84 Å². The van der Waals surface area contributed by atoms with Crippen LogP contribution in [0.2, 0.25) is 0 Å². The number of aromatic nitrogens is 3. The molecule has 0 spiro atoms. The van der Waals surface area contributed by atoms with Gasteiger partial charge in [-0.15, -0.1) is 16.8 Å². The topological polar surface area (TPSA) is 74.1 Å². The Balaban J connectivity index is 2.32. The molecule has 6 nitrogen and oxygen atoms in total. The molecule has 0 bridgehead atoms. The molecule has 124 valence electrons. The number of benzene rings is 1. The van der Waals surface area contributed by atoms with Gasteiger partial charge in [0.2, 0.25) is 0 Å². The first-order valence-electron chi connectivity index (χ1n) is 6.94. The Morgan fingerprint density at radius 3 is 2.74 bits per heavy atom. The highest BCUT2D eigenvalue weighted by Gasteiger charge is 2.17. The normalized spacial score (nSPS) is 11.4. The van der Waals surface area contributed by atoms with Crippen molar-refractivity contribution in [1.82, 2.24) is 14.8 Å². The molecule has 0 aliphatic carbocycles. The van der Waals surface area contributed by atoms with Gasteiger partial charge in [-0.05, 0) is 12.1 Å². The van der Waals surface area contributed by atoms with Gasteiger partial charge in [0.05, 0.1) is 18.4 Å². The largest absolute Gasteiger partial charge is 0.496 e. The zero-order valence-electron chi connectivity index (χ0n) is 13.1. The molecule has 0 fully saturated rings. The van der Waals surface area contributed by atoms with Gasteiger partial charge in [-0.3, -0.25) is 4.57 Å². The lowest BCUT2D eigenvalue weighted by Gasteiger charge is -2.10. The summed E-state index contributed by atoms with van der Waals surface area (Å²) >= 11 is 1.36. The zero-order chi connectivity index (χ0) is 16.9. The van der Waals surface area contributed by atoms with Crippen LogP contribution in [0.3, 0.4) is 0 Å². The van der Waals surface area contributed by atoms with E-state index in [1.54, 1.807) is 13.2 Å². The van der Waals surface area contributed by atoms with Gasteiger partial charge in [0, 0.05) is 18.6 Å². The van der Waals surface area contributed by atoms with Gasteiger partial charge in [-0.25, -0.2) is 8.42 Å². The fraction of sp³-hybridized carbons (Fsp3) is 0.333. The van der Waals surface area contributed by atoms with Crippen molar-refractivity contribution in [3.8, 4) is 17.1 Å². The van der Waals surface area contributed by atoms with E-state index >= 15 is 0 Å². The Hall–Kier alpha value is -1.80. The van der Waals surface area contributed by atoms with E-state index in [1.807, 2.05) is 28.8 Å². The molecule has 0 saturated carbocycles. The lowest BCUT2D eigenvalue weighted by atomic mass is 10.2. The Morgan fingerprint density at radius 1 is 1.35 bits per heavy atom. The molecule has 0 unspecified atom stereocenters. The quantitative estimate of drug-likeness (QED) is 0.535. The molecular formula is C15H19N3O3S2. The van der Waals surface area contributed by atoms with Crippen LogP contribution in [0.1, 0.15) is 0 Å². The van der Waals surface area contributed by atoms with Crippen LogP contribution in [0, 0.1) is 0 Å². The molecule has 8 heteroatoms. The first kappa shape index (κ1) is 17.6. The minimum absolute atomic E-state index is 0.0998. The van der Waals surface area contributed by atoms with Gasteiger partial charge in [0.1, 0.15) is 15.6 Å². The summed E-state index contributed by atoms with van der Waals surface area (Å²) in [7, 11) is -1.39. The number of ether oxygens (including phenoxy) is 1. The molecule has 0 amide bonds. The van der Waals surface area contributed by atoms with Crippen molar-refractivity contribution in [3.05, 3.63) is 36.9 Å². The Bertz CT molecular complexity index is 785. The number of nitrogens with zero attached hydrogens (tertiary/aromatic N) is 3. The fourth-order valence-electron chi connectivity index (χ4n) is 2.00. The molecule has 0 atom stereocenters. The van der Waals surface area contributed by atoms with Crippen LogP contribution >= 0.6 is 11.8 Å². The number of sulfone groups is 1. The smallest absolute Gasteiger partial charge is 0.191 e. The van der Waals surface area contributed by atoms with E-state index in [2.05, 4.69) is 16.8 Å². The van der Waals surface area contributed by atoms with Crippen molar-refractivity contribution < 1.29 is 13.2 Å². The molecule has 1 heterocycles. The van der Waals surface area contributed by atoms with Gasteiger partial charge in [0.15, 0.2) is 11.0 Å². The van der Waals surface area contributed by atoms with Crippen LogP contribution in [-0.4, -0.2) is 48.1 Å². The van der Waals surface area contributed by atoms with Crippen molar-refractivity contribution >= 4 is 21.6 Å². The average molecular weight is 353 g/mol. The third kappa shape index (κ3) is 4.59. The van der Waals surface area contributed by atoms with E-state index in [4.69, 9.17) is 4.74 Å². The van der Waals surface area contributed by atoms with Gasteiger partial charge in [0.25, 0.3) is 0 Å². The first-order valence-corrected chi connectivity index (χ1v) is 9.99. The van der Waals surface area contributed by atoms with Crippen LogP contribution in [0.5, 0.6) is 5.75 Å². The maximum atomic E-state index is 11.3. The van der Waals surface area contributed by atoms with Gasteiger partial charge >= 0.3 is 0 Å². The van der Waals surface area contributed by atoms with Crippen LogP contribution < -0.4 is 4.74 Å². The van der Waals surface area contributed by atoms with Crippen molar-refractivity contribution in [3.63, 3.8) is 0 Å². The minimum Gasteiger partial charge on any atom is -0.496 e. The van der Waals surface area contributed by atoms with Crippen molar-refractivity contribution in [2.45, 2.75) is 11.7 Å². The second kappa shape index (κ2) is 7.65. The molecular weight excluding hydrogens is 334 g/mol. The molecule has 0 N–H and O–H groups in total. The molecule has 0 aliphatic heterocycles. The van der Waals surface area contributed by atoms with E-state index in [0.717, 1.165) is 5.56 Å². The summed E-state index contributed by atoms with van der Waals surface area (Å²) in [6, 6.07) is 7.56. The summed E-state index contributed by atoms with van der Waals surface area (Å²) in [6.07, 6.45) is 2.98. The first-order chi connectivity index (χ1) is 11.0. The summed E-state index contributed by atoms with van der Waals surface area (Å²) in [5.74, 6) is 1.91. The SMILES string of the molecule is C=CCn1c(SCCS(C)(=O)=O)nnc1-c1ccccc1OC. The van der Waals surface area contributed by atoms with Crippen LogP contribution in [0.25, 0.3) is 11.4 Å². The summed E-state index contributed by atoms with van der Waals surface area (Å²) in [5.41, 5.74) is 0.833. The highest BCUT2D eigenvalue weighted by molar-refractivity contribution is 8.00. The van der Waals surface area contributed by atoms with Crippen LogP contribution in [0.15, 0.2) is 42.1 Å². The highest BCUT2D eigenvalue weighted by atomic mass is 32.2. The number of thioether (sulfide) groups is 1. The Labute approximate surface area is 140 Å². The van der Waals surface area contributed by atoms with Crippen molar-refractivity contribution in [2.75, 3.05) is 24.9 Å². The average Bonchev–Trinajstić information content (AvgIpc) is 2.89. The second-order valence-corrected chi connectivity index (χ2v) is 8.21. The minimum atomic E-state index is -2.99. The predicted molar refractivity (Wildman–Crippen MR) is 92.6 cm³/mol. The second-order valence-electron chi connectivity index (χ2n) is 4.88. The van der Waals surface area contributed by atoms with E-state index in [-0.39, 0.29) is 5.75 Å². The maximum Gasteiger partial charge on any atom is 0.191 e. The summed E-state index contributed by atoms with van der Waals surface area (Å²) in [5, 5.41) is 9.09. The molecule has 0 radical (unpaired) electrons. The zero-order valence-corrected chi connectivity index (χ0v) is 14.7. The fourth-order valence-corrected chi connectivity index (χ4v) is 4.14. The van der Waals surface area contributed by atoms with Crippen molar-refractivity contribution in [2.24, 2.45) is 0 Å². The lowest BCUT2D eigenvalue weighted by Crippen LogP contribution is -2.07. The predicted octanol–water partition coefficient (Wildman–Crippen LogP) is 2.28. The number of hydrogen-bond acceptors (Lipinski definition) is 6. The summed E-state index contributed by atoms with van der Waals surface area (Å²) < 4.78 is 29.8. The van der Waals surface area contributed by atoms with Gasteiger partial charge < -0.3 is 4.74 Å². The van der Waals surface area contributed by atoms with Gasteiger partial charge in [-0.2, -0.15) is 0 Å². The number of rotatable bonds is 8. The lowest BCUT2D eigenvalue weighted by molar-refractivity contribution is 0.416. The number of methoxy groups -OCH3 is 1. The molecule has 2 aromatic rings. The van der Waals surface area contributed by atoms with Gasteiger partial charge in [-0.1, -0.05) is 30.0 Å². The third-order valence-electron chi connectivity index (χ3n) is 3.06. The summed E-state index contributed by atoms with van der Waals surface area (Å²) in [6.45, 7) is 4.29. The monoisotopic (exact) mass is 353 g/mol. The van der Waals surface area contributed by atoms with Crippen LogP contribution in [-0.2, 0) is 16.4 Å². The van der Waals surface area contributed by atoms with E-state index in [9.17, 15) is 8.42 Å². The third-order valence-corrected chi connectivity index (χ3v) is 5.23. The Kier molecular flexibility index (Phi) is 5.84. The van der Waals surface area contributed by atoms with E-state index in [1.165, 1.54) is 18.0 Å². The van der Waals surface area contributed by atoms with E-state index in [0.29, 0.717) is 29.0 Å². The van der Waals surface area contributed by atoms with Crippen LogP contribution in [0.4, 0.5) is 0 Å². The molecule has 0 aliphatic rings. The molecule has 23 heavy (non-hydrogen) atoms. The molecule has 1 aromatic carbocycles. The molecule has 0 saturated heterocycles. The van der Waals surface area contributed by atoms with Crippen molar-refractivity contribution in [1.29, 1.82) is 0 Å². The molecule has 2 rings (SSSR count). The maximum absolute atomic E-state index is 11.3. The number of hydrogen-bond donors (Lipinski definition) is 0.